The van der Waals surface area contributed by atoms with Gasteiger partial charge in [0, 0.05) is 12.1 Å². The fourth-order valence-electron chi connectivity index (χ4n) is 3.79. The lowest BCUT2D eigenvalue weighted by Crippen LogP contribution is -2.52. The summed E-state index contributed by atoms with van der Waals surface area (Å²) in [5.74, 6) is 2.10. The quantitative estimate of drug-likeness (QED) is 0.697. The monoisotopic (exact) mass is 223 g/mol. The molecule has 0 radical (unpaired) electrons. The molecular weight excluding hydrogens is 194 g/mol. The first-order valence-electron chi connectivity index (χ1n) is 7.44. The van der Waals surface area contributed by atoms with Gasteiger partial charge in [-0.1, -0.05) is 33.1 Å². The molecule has 1 aliphatic carbocycles. The Morgan fingerprint density at radius 3 is 2.25 bits per heavy atom. The molecule has 1 nitrogen and oxygen atoms in total. The maximum atomic E-state index is 2.81. The number of likely N-dealkylation sites (tertiary alicyclic amines) is 1. The molecule has 1 saturated heterocycles. The van der Waals surface area contributed by atoms with Gasteiger partial charge in [-0.15, -0.1) is 0 Å². The van der Waals surface area contributed by atoms with Crippen molar-refractivity contribution in [3.8, 4) is 0 Å². The Kier molecular flexibility index (Phi) is 3.94. The number of fused-ring (bicyclic) bond motifs is 1. The molecule has 0 bridgehead atoms. The summed E-state index contributed by atoms with van der Waals surface area (Å²) in [4.78, 5) is 2.81. The molecule has 0 aromatic heterocycles. The second kappa shape index (κ2) is 5.08. The Morgan fingerprint density at radius 2 is 1.62 bits per heavy atom. The van der Waals surface area contributed by atoms with Crippen molar-refractivity contribution in [1.82, 2.24) is 4.90 Å². The number of rotatable bonds is 3. The molecule has 2 unspecified atom stereocenters. The SMILES string of the molecule is CCC(C)(CC)N1CCC2CCCCC2C1. The molecule has 2 aliphatic rings. The van der Waals surface area contributed by atoms with Crippen molar-refractivity contribution in [1.29, 1.82) is 0 Å². The number of nitrogens with zero attached hydrogens (tertiary/aromatic N) is 1. The zero-order valence-corrected chi connectivity index (χ0v) is 11.5. The summed E-state index contributed by atoms with van der Waals surface area (Å²) in [6.07, 6.45) is 10.1. The second-order valence-electron chi connectivity index (χ2n) is 6.24. The summed E-state index contributed by atoms with van der Waals surface area (Å²) in [6, 6.07) is 0. The largest absolute Gasteiger partial charge is 0.298 e. The van der Waals surface area contributed by atoms with Crippen LogP contribution in [0, 0.1) is 11.8 Å². The van der Waals surface area contributed by atoms with Crippen molar-refractivity contribution >= 4 is 0 Å². The van der Waals surface area contributed by atoms with Gasteiger partial charge in [-0.3, -0.25) is 4.90 Å². The van der Waals surface area contributed by atoms with Crippen molar-refractivity contribution in [2.45, 2.75) is 71.3 Å². The van der Waals surface area contributed by atoms with Gasteiger partial charge in [0.15, 0.2) is 0 Å². The zero-order chi connectivity index (χ0) is 11.6. The van der Waals surface area contributed by atoms with Crippen LogP contribution < -0.4 is 0 Å². The van der Waals surface area contributed by atoms with E-state index in [4.69, 9.17) is 0 Å². The predicted octanol–water partition coefficient (Wildman–Crippen LogP) is 4.08. The number of hydrogen-bond donors (Lipinski definition) is 0. The van der Waals surface area contributed by atoms with Crippen LogP contribution in [0.3, 0.4) is 0 Å². The van der Waals surface area contributed by atoms with E-state index in [1.807, 2.05) is 0 Å². The van der Waals surface area contributed by atoms with E-state index in [9.17, 15) is 0 Å². The molecule has 94 valence electrons. The van der Waals surface area contributed by atoms with Crippen molar-refractivity contribution in [2.24, 2.45) is 11.8 Å². The van der Waals surface area contributed by atoms with Crippen molar-refractivity contribution < 1.29 is 0 Å². The first-order chi connectivity index (χ1) is 7.69. The summed E-state index contributed by atoms with van der Waals surface area (Å²) < 4.78 is 0. The average Bonchev–Trinajstić information content (AvgIpc) is 2.37. The van der Waals surface area contributed by atoms with Gasteiger partial charge in [-0.25, -0.2) is 0 Å². The van der Waals surface area contributed by atoms with Crippen LogP contribution in [-0.2, 0) is 0 Å². The zero-order valence-electron chi connectivity index (χ0n) is 11.5. The summed E-state index contributed by atoms with van der Waals surface area (Å²) >= 11 is 0. The third kappa shape index (κ3) is 2.30. The third-order valence-corrected chi connectivity index (χ3v) is 5.58. The molecule has 2 rings (SSSR count). The molecule has 0 amide bonds. The Morgan fingerprint density at radius 1 is 1.00 bits per heavy atom. The molecular formula is C15H29N. The lowest BCUT2D eigenvalue weighted by molar-refractivity contribution is 0.00782. The minimum absolute atomic E-state index is 0.475. The molecule has 2 fully saturated rings. The minimum atomic E-state index is 0.475. The molecule has 0 aromatic carbocycles. The smallest absolute Gasteiger partial charge is 0.0176 e. The number of piperidine rings is 1. The first kappa shape index (κ1) is 12.4. The highest BCUT2D eigenvalue weighted by Crippen LogP contribution is 2.39. The molecule has 0 aromatic rings. The van der Waals surface area contributed by atoms with E-state index in [0.717, 1.165) is 11.8 Å². The van der Waals surface area contributed by atoms with Crippen molar-refractivity contribution in [3.05, 3.63) is 0 Å². The van der Waals surface area contributed by atoms with Crippen LogP contribution in [0.15, 0.2) is 0 Å². The van der Waals surface area contributed by atoms with Crippen LogP contribution >= 0.6 is 0 Å². The van der Waals surface area contributed by atoms with Gasteiger partial charge in [0.1, 0.15) is 0 Å². The molecule has 0 N–H and O–H groups in total. The Bertz CT molecular complexity index is 219. The van der Waals surface area contributed by atoms with Crippen LogP contribution in [0.4, 0.5) is 0 Å². The number of hydrogen-bond acceptors (Lipinski definition) is 1. The molecule has 1 saturated carbocycles. The molecule has 1 heterocycles. The van der Waals surface area contributed by atoms with Crippen LogP contribution in [0.5, 0.6) is 0 Å². The van der Waals surface area contributed by atoms with E-state index in [1.165, 1.54) is 58.0 Å². The molecule has 1 heteroatoms. The fraction of sp³-hybridized carbons (Fsp3) is 1.00. The first-order valence-corrected chi connectivity index (χ1v) is 7.44. The summed E-state index contributed by atoms with van der Waals surface area (Å²) in [7, 11) is 0. The summed E-state index contributed by atoms with van der Waals surface area (Å²) in [5, 5.41) is 0. The van der Waals surface area contributed by atoms with Gasteiger partial charge in [0.05, 0.1) is 0 Å². The van der Waals surface area contributed by atoms with Crippen LogP contribution in [0.25, 0.3) is 0 Å². The third-order valence-electron chi connectivity index (χ3n) is 5.58. The normalized spacial score (nSPS) is 32.4. The Labute approximate surface area is 102 Å². The summed E-state index contributed by atoms with van der Waals surface area (Å²) in [5.41, 5.74) is 0.475. The van der Waals surface area contributed by atoms with E-state index in [-0.39, 0.29) is 0 Å². The van der Waals surface area contributed by atoms with Crippen LogP contribution in [0.2, 0.25) is 0 Å². The Hall–Kier alpha value is -0.0400. The van der Waals surface area contributed by atoms with Crippen molar-refractivity contribution in [3.63, 3.8) is 0 Å². The highest BCUT2D eigenvalue weighted by atomic mass is 15.2. The van der Waals surface area contributed by atoms with E-state index < -0.39 is 0 Å². The maximum absolute atomic E-state index is 2.81. The minimum Gasteiger partial charge on any atom is -0.298 e. The van der Waals surface area contributed by atoms with E-state index in [0.29, 0.717) is 5.54 Å². The highest BCUT2D eigenvalue weighted by molar-refractivity contribution is 4.91. The lowest BCUT2D eigenvalue weighted by atomic mass is 9.73. The summed E-state index contributed by atoms with van der Waals surface area (Å²) in [6.45, 7) is 9.94. The van der Waals surface area contributed by atoms with Crippen LogP contribution in [-0.4, -0.2) is 23.5 Å². The van der Waals surface area contributed by atoms with E-state index >= 15 is 0 Å². The average molecular weight is 223 g/mol. The second-order valence-corrected chi connectivity index (χ2v) is 6.24. The van der Waals surface area contributed by atoms with Gasteiger partial charge >= 0.3 is 0 Å². The lowest BCUT2D eigenvalue weighted by Gasteiger charge is -2.49. The van der Waals surface area contributed by atoms with Crippen molar-refractivity contribution in [2.75, 3.05) is 13.1 Å². The Balaban J connectivity index is 1.98. The van der Waals surface area contributed by atoms with Gasteiger partial charge in [-0.2, -0.15) is 0 Å². The fourth-order valence-corrected chi connectivity index (χ4v) is 3.79. The maximum Gasteiger partial charge on any atom is 0.0176 e. The predicted molar refractivity (Wildman–Crippen MR) is 70.6 cm³/mol. The van der Waals surface area contributed by atoms with Crippen LogP contribution in [0.1, 0.15) is 65.7 Å². The highest BCUT2D eigenvalue weighted by Gasteiger charge is 2.37. The van der Waals surface area contributed by atoms with E-state index in [2.05, 4.69) is 25.7 Å². The standard InChI is InChI=1S/C15H29N/c1-4-15(3,5-2)16-11-10-13-8-6-7-9-14(13)12-16/h13-14H,4-12H2,1-3H3. The van der Waals surface area contributed by atoms with Gasteiger partial charge < -0.3 is 0 Å². The molecule has 1 aliphatic heterocycles. The van der Waals surface area contributed by atoms with Gasteiger partial charge in [0.25, 0.3) is 0 Å². The van der Waals surface area contributed by atoms with E-state index in [1.54, 1.807) is 0 Å². The topological polar surface area (TPSA) is 3.24 Å². The molecule has 16 heavy (non-hydrogen) atoms. The van der Waals surface area contributed by atoms with Gasteiger partial charge in [0.2, 0.25) is 0 Å². The van der Waals surface area contributed by atoms with Gasteiger partial charge in [-0.05, 0) is 51.0 Å². The molecule has 0 spiro atoms. The molecule has 2 atom stereocenters.